The molecule has 2 N–H and O–H groups in total. The van der Waals surface area contributed by atoms with Crippen LogP contribution in [0, 0.1) is 5.92 Å². The lowest BCUT2D eigenvalue weighted by molar-refractivity contribution is 0.189. The van der Waals surface area contributed by atoms with E-state index in [1.807, 2.05) is 24.4 Å². The summed E-state index contributed by atoms with van der Waals surface area (Å²) in [6, 6.07) is 5.94. The molecule has 0 bridgehead atoms. The number of nitrogens with one attached hydrogen (secondary N) is 2. The highest BCUT2D eigenvalue weighted by Crippen LogP contribution is 2.15. The number of hydrogen-bond donors (Lipinski definition) is 2. The highest BCUT2D eigenvalue weighted by Gasteiger charge is 2.14. The van der Waals surface area contributed by atoms with Crippen LogP contribution in [0.25, 0.3) is 0 Å². The third-order valence-electron chi connectivity index (χ3n) is 4.54. The number of guanidine groups is 1. The Kier molecular flexibility index (Phi) is 8.60. The maximum absolute atomic E-state index is 4.60. The number of aromatic nitrogens is 1. The Bertz CT molecular complexity index is 466. The summed E-state index contributed by atoms with van der Waals surface area (Å²) < 4.78 is 0. The highest BCUT2D eigenvalue weighted by atomic mass is 15.2. The zero-order chi connectivity index (χ0) is 17.0. The van der Waals surface area contributed by atoms with Gasteiger partial charge in [-0.1, -0.05) is 13.0 Å². The Morgan fingerprint density at radius 1 is 1.25 bits per heavy atom. The van der Waals surface area contributed by atoms with Gasteiger partial charge in [-0.25, -0.2) is 4.99 Å². The molecule has 1 aromatic heterocycles. The lowest BCUT2D eigenvalue weighted by Crippen LogP contribution is -2.38. The zero-order valence-electron chi connectivity index (χ0n) is 15.3. The number of likely N-dealkylation sites (tertiary alicyclic amines) is 1. The fourth-order valence-corrected chi connectivity index (χ4v) is 2.95. The van der Waals surface area contributed by atoms with Crippen molar-refractivity contribution >= 4 is 5.96 Å². The monoisotopic (exact) mass is 331 g/mol. The molecule has 1 saturated heterocycles. The second-order valence-electron chi connectivity index (χ2n) is 6.67. The Morgan fingerprint density at radius 2 is 2.08 bits per heavy atom. The smallest absolute Gasteiger partial charge is 0.191 e. The molecule has 0 spiro atoms. The van der Waals surface area contributed by atoms with Gasteiger partial charge in [-0.2, -0.15) is 0 Å². The minimum Gasteiger partial charge on any atom is -0.357 e. The van der Waals surface area contributed by atoms with Crippen LogP contribution in [0.4, 0.5) is 0 Å². The average Bonchev–Trinajstić information content (AvgIpc) is 2.62. The first-order valence-corrected chi connectivity index (χ1v) is 9.42. The van der Waals surface area contributed by atoms with Crippen molar-refractivity contribution in [1.82, 2.24) is 20.5 Å². The summed E-state index contributed by atoms with van der Waals surface area (Å²) in [5.41, 5.74) is 0.994. The van der Waals surface area contributed by atoms with E-state index >= 15 is 0 Å². The molecule has 1 aromatic rings. The number of unbranched alkanes of at least 4 members (excludes halogenated alkanes) is 1. The van der Waals surface area contributed by atoms with Gasteiger partial charge in [0.2, 0.25) is 0 Å². The Labute approximate surface area is 147 Å². The predicted molar refractivity (Wildman–Crippen MR) is 101 cm³/mol. The maximum atomic E-state index is 4.60. The van der Waals surface area contributed by atoms with Crippen LogP contribution in [0.2, 0.25) is 0 Å². The minimum absolute atomic E-state index is 0.613. The number of hydrogen-bond acceptors (Lipinski definition) is 3. The van der Waals surface area contributed by atoms with Crippen molar-refractivity contribution in [3.05, 3.63) is 30.1 Å². The van der Waals surface area contributed by atoms with E-state index in [2.05, 4.69) is 39.4 Å². The van der Waals surface area contributed by atoms with Crippen molar-refractivity contribution in [2.75, 3.05) is 32.7 Å². The average molecular weight is 332 g/mol. The van der Waals surface area contributed by atoms with Gasteiger partial charge in [0.25, 0.3) is 0 Å². The van der Waals surface area contributed by atoms with Gasteiger partial charge in [-0.05, 0) is 70.3 Å². The first-order chi connectivity index (χ1) is 11.8. The third-order valence-corrected chi connectivity index (χ3v) is 4.54. The second-order valence-corrected chi connectivity index (χ2v) is 6.67. The quantitative estimate of drug-likeness (QED) is 0.437. The van der Waals surface area contributed by atoms with Crippen LogP contribution < -0.4 is 10.6 Å². The molecule has 0 aliphatic carbocycles. The molecule has 5 nitrogen and oxygen atoms in total. The van der Waals surface area contributed by atoms with Gasteiger partial charge in [0.1, 0.15) is 0 Å². The van der Waals surface area contributed by atoms with Crippen molar-refractivity contribution in [3.63, 3.8) is 0 Å². The van der Waals surface area contributed by atoms with Crippen LogP contribution >= 0.6 is 0 Å². The molecule has 0 radical (unpaired) electrons. The summed E-state index contributed by atoms with van der Waals surface area (Å²) in [7, 11) is 0. The molecule has 2 heterocycles. The molecular weight excluding hydrogens is 298 g/mol. The van der Waals surface area contributed by atoms with E-state index in [-0.39, 0.29) is 0 Å². The zero-order valence-corrected chi connectivity index (χ0v) is 15.3. The second kappa shape index (κ2) is 11.0. The van der Waals surface area contributed by atoms with Crippen molar-refractivity contribution < 1.29 is 0 Å². The van der Waals surface area contributed by atoms with E-state index in [1.165, 1.54) is 45.3 Å². The molecule has 0 atom stereocenters. The third kappa shape index (κ3) is 7.30. The van der Waals surface area contributed by atoms with E-state index in [9.17, 15) is 0 Å². The number of pyridine rings is 1. The molecule has 0 saturated carbocycles. The van der Waals surface area contributed by atoms with E-state index in [1.54, 1.807) is 0 Å². The topological polar surface area (TPSA) is 52.6 Å². The number of rotatable bonds is 8. The molecule has 134 valence electrons. The van der Waals surface area contributed by atoms with Crippen molar-refractivity contribution in [3.8, 4) is 0 Å². The molecule has 0 unspecified atom stereocenters. The number of nitrogens with zero attached hydrogens (tertiary/aromatic N) is 3. The summed E-state index contributed by atoms with van der Waals surface area (Å²) >= 11 is 0. The lowest BCUT2D eigenvalue weighted by atomic mass is 9.99. The van der Waals surface area contributed by atoms with Gasteiger partial charge in [0, 0.05) is 19.3 Å². The molecule has 0 aromatic carbocycles. The van der Waals surface area contributed by atoms with Gasteiger partial charge >= 0.3 is 0 Å². The molecule has 5 heteroatoms. The summed E-state index contributed by atoms with van der Waals surface area (Å²) in [6.45, 7) is 10.7. The van der Waals surface area contributed by atoms with Crippen LogP contribution in [0.15, 0.2) is 29.4 Å². The fraction of sp³-hybridized carbons (Fsp3) is 0.684. The first-order valence-electron chi connectivity index (χ1n) is 9.42. The molecule has 1 fully saturated rings. The van der Waals surface area contributed by atoms with E-state index in [0.717, 1.165) is 30.7 Å². The Morgan fingerprint density at radius 3 is 2.79 bits per heavy atom. The van der Waals surface area contributed by atoms with Crippen molar-refractivity contribution in [2.45, 2.75) is 46.1 Å². The molecule has 0 amide bonds. The molecular formula is C19H33N5. The van der Waals surface area contributed by atoms with E-state index < -0.39 is 0 Å². The molecule has 24 heavy (non-hydrogen) atoms. The van der Waals surface area contributed by atoms with E-state index in [0.29, 0.717) is 6.54 Å². The molecule has 1 aliphatic rings. The fourth-order valence-electron chi connectivity index (χ4n) is 2.95. The lowest BCUT2D eigenvalue weighted by Gasteiger charge is -2.30. The highest BCUT2D eigenvalue weighted by molar-refractivity contribution is 5.79. The summed E-state index contributed by atoms with van der Waals surface area (Å²) in [6.07, 6.45) is 6.97. The summed E-state index contributed by atoms with van der Waals surface area (Å²) in [4.78, 5) is 11.5. The van der Waals surface area contributed by atoms with Gasteiger partial charge in [-0.3, -0.25) is 4.98 Å². The van der Waals surface area contributed by atoms with Crippen LogP contribution in [0.1, 0.15) is 45.2 Å². The van der Waals surface area contributed by atoms with Gasteiger partial charge in [0.15, 0.2) is 5.96 Å². The standard InChI is InChI=1S/C19H33N5/c1-3-20-19(23-16-18-8-4-5-11-21-18)22-12-6-7-13-24-14-9-17(2)10-15-24/h4-5,8,11,17H,3,6-7,9-10,12-16H2,1-2H3,(H2,20,22,23). The molecule has 1 aliphatic heterocycles. The van der Waals surface area contributed by atoms with Crippen LogP contribution in [0.5, 0.6) is 0 Å². The largest absolute Gasteiger partial charge is 0.357 e. The SMILES string of the molecule is CCNC(=NCc1ccccn1)NCCCCN1CCC(C)CC1. The van der Waals surface area contributed by atoms with Crippen LogP contribution in [-0.4, -0.2) is 48.6 Å². The van der Waals surface area contributed by atoms with E-state index in [4.69, 9.17) is 0 Å². The van der Waals surface area contributed by atoms with Crippen molar-refractivity contribution in [1.29, 1.82) is 0 Å². The normalized spacial score (nSPS) is 17.0. The van der Waals surface area contributed by atoms with Crippen LogP contribution in [0.3, 0.4) is 0 Å². The molecule has 2 rings (SSSR count). The Balaban J connectivity index is 1.62. The summed E-state index contributed by atoms with van der Waals surface area (Å²) in [5, 5.41) is 6.73. The van der Waals surface area contributed by atoms with Gasteiger partial charge < -0.3 is 15.5 Å². The number of aliphatic imine (C=N–C) groups is 1. The van der Waals surface area contributed by atoms with Crippen molar-refractivity contribution in [2.24, 2.45) is 10.9 Å². The minimum atomic E-state index is 0.613. The van der Waals surface area contributed by atoms with Crippen LogP contribution in [-0.2, 0) is 6.54 Å². The Hall–Kier alpha value is -1.62. The number of piperidine rings is 1. The first kappa shape index (κ1) is 18.7. The maximum Gasteiger partial charge on any atom is 0.191 e. The van der Waals surface area contributed by atoms with Gasteiger partial charge in [0.05, 0.1) is 12.2 Å². The summed E-state index contributed by atoms with van der Waals surface area (Å²) in [5.74, 6) is 1.80. The van der Waals surface area contributed by atoms with Gasteiger partial charge in [-0.15, -0.1) is 0 Å². The predicted octanol–water partition coefficient (Wildman–Crippen LogP) is 2.65.